The van der Waals surface area contributed by atoms with Gasteiger partial charge in [0.05, 0.1) is 18.8 Å². The monoisotopic (exact) mass is 249 g/mol. The predicted molar refractivity (Wildman–Crippen MR) is 67.8 cm³/mol. The Morgan fingerprint density at radius 3 is 3.17 bits per heavy atom. The van der Waals surface area contributed by atoms with Crippen molar-refractivity contribution in [1.82, 2.24) is 10.3 Å². The molecule has 2 heterocycles. The average Bonchev–Trinajstić information content (AvgIpc) is 2.84. The second-order valence-electron chi connectivity index (χ2n) is 4.60. The van der Waals surface area contributed by atoms with Gasteiger partial charge in [0.25, 0.3) is 0 Å². The Morgan fingerprint density at radius 1 is 1.67 bits per heavy atom. The summed E-state index contributed by atoms with van der Waals surface area (Å²) in [5.41, 5.74) is 7.15. The van der Waals surface area contributed by atoms with Crippen LogP contribution in [-0.4, -0.2) is 29.6 Å². The van der Waals surface area contributed by atoms with Gasteiger partial charge in [0, 0.05) is 12.8 Å². The van der Waals surface area contributed by atoms with Gasteiger partial charge in [-0.15, -0.1) is 0 Å². The zero-order chi connectivity index (χ0) is 13.0. The summed E-state index contributed by atoms with van der Waals surface area (Å²) in [5.74, 6) is -0.160. The summed E-state index contributed by atoms with van der Waals surface area (Å²) in [6.45, 7) is 3.33. The molecule has 0 aliphatic carbocycles. The molecule has 98 valence electrons. The van der Waals surface area contributed by atoms with Crippen LogP contribution in [0.5, 0.6) is 0 Å². The van der Waals surface area contributed by atoms with Gasteiger partial charge in [-0.25, -0.2) is 0 Å². The molecule has 2 rings (SSSR count). The van der Waals surface area contributed by atoms with E-state index < -0.39 is 5.54 Å². The van der Waals surface area contributed by atoms with Gasteiger partial charge >= 0.3 is 0 Å². The number of nitrogens with zero attached hydrogens (tertiary/aromatic N) is 1. The first-order chi connectivity index (χ1) is 8.65. The van der Waals surface area contributed by atoms with Crippen LogP contribution >= 0.6 is 0 Å². The lowest BCUT2D eigenvalue weighted by Gasteiger charge is -2.20. The molecule has 1 unspecified atom stereocenters. The molecule has 1 saturated heterocycles. The topological polar surface area (TPSA) is 77.2 Å². The molecule has 0 radical (unpaired) electrons. The van der Waals surface area contributed by atoms with Crippen LogP contribution in [0.3, 0.4) is 0 Å². The SMILES string of the molecule is CCc1cccnc1CNC(=O)C1(N)CCOC1. The summed E-state index contributed by atoms with van der Waals surface area (Å²) in [7, 11) is 0. The molecule has 1 amide bonds. The minimum Gasteiger partial charge on any atom is -0.379 e. The number of nitrogens with two attached hydrogens (primary N) is 1. The number of aryl methyl sites for hydroxylation is 1. The number of ether oxygens (including phenoxy) is 1. The highest BCUT2D eigenvalue weighted by Gasteiger charge is 2.38. The van der Waals surface area contributed by atoms with Gasteiger partial charge in [-0.1, -0.05) is 13.0 Å². The summed E-state index contributed by atoms with van der Waals surface area (Å²) < 4.78 is 5.18. The number of nitrogens with one attached hydrogen (secondary N) is 1. The Kier molecular flexibility index (Phi) is 3.93. The highest BCUT2D eigenvalue weighted by molar-refractivity contribution is 5.86. The minimum absolute atomic E-state index is 0.160. The van der Waals surface area contributed by atoms with Crippen LogP contribution < -0.4 is 11.1 Å². The number of hydrogen-bond acceptors (Lipinski definition) is 4. The van der Waals surface area contributed by atoms with E-state index in [1.54, 1.807) is 6.20 Å². The summed E-state index contributed by atoms with van der Waals surface area (Å²) in [6.07, 6.45) is 3.20. The largest absolute Gasteiger partial charge is 0.379 e. The van der Waals surface area contributed by atoms with Crippen molar-refractivity contribution >= 4 is 5.91 Å². The lowest BCUT2D eigenvalue weighted by Crippen LogP contribution is -2.54. The van der Waals surface area contributed by atoms with Crippen LogP contribution in [0, 0.1) is 0 Å². The number of aromatic nitrogens is 1. The molecule has 3 N–H and O–H groups in total. The molecule has 1 aliphatic heterocycles. The van der Waals surface area contributed by atoms with E-state index in [9.17, 15) is 4.79 Å². The van der Waals surface area contributed by atoms with E-state index in [1.807, 2.05) is 12.1 Å². The maximum absolute atomic E-state index is 12.0. The highest BCUT2D eigenvalue weighted by Crippen LogP contribution is 2.15. The number of hydrogen-bond donors (Lipinski definition) is 2. The van der Waals surface area contributed by atoms with Gasteiger partial charge in [0.2, 0.25) is 5.91 Å². The van der Waals surface area contributed by atoms with Crippen molar-refractivity contribution < 1.29 is 9.53 Å². The molecular weight excluding hydrogens is 230 g/mol. The molecule has 1 aromatic rings. The van der Waals surface area contributed by atoms with Gasteiger partial charge in [0.15, 0.2) is 0 Å². The third kappa shape index (κ3) is 2.68. The standard InChI is InChI=1S/C13H19N3O2/c1-2-10-4-3-6-15-11(10)8-16-12(17)13(14)5-7-18-9-13/h3-4,6H,2,5,7-9,14H2,1H3,(H,16,17). The summed E-state index contributed by atoms with van der Waals surface area (Å²) in [5, 5.41) is 2.85. The average molecular weight is 249 g/mol. The predicted octanol–water partition coefficient (Wildman–Crippen LogP) is 0.378. The van der Waals surface area contributed by atoms with Crippen LogP contribution in [0.2, 0.25) is 0 Å². The van der Waals surface area contributed by atoms with Gasteiger partial charge in [0.1, 0.15) is 5.54 Å². The zero-order valence-electron chi connectivity index (χ0n) is 10.6. The lowest BCUT2D eigenvalue weighted by molar-refractivity contribution is -0.126. The van der Waals surface area contributed by atoms with Crippen LogP contribution in [0.4, 0.5) is 0 Å². The first-order valence-corrected chi connectivity index (χ1v) is 6.23. The summed E-state index contributed by atoms with van der Waals surface area (Å²) in [6, 6.07) is 3.92. The fraction of sp³-hybridized carbons (Fsp3) is 0.538. The second kappa shape index (κ2) is 5.46. The molecule has 1 aromatic heterocycles. The van der Waals surface area contributed by atoms with E-state index in [2.05, 4.69) is 17.2 Å². The first-order valence-electron chi connectivity index (χ1n) is 6.23. The third-order valence-electron chi connectivity index (χ3n) is 3.29. The van der Waals surface area contributed by atoms with Crippen molar-refractivity contribution in [2.45, 2.75) is 31.8 Å². The lowest BCUT2D eigenvalue weighted by atomic mass is 9.99. The Bertz CT molecular complexity index is 428. The van der Waals surface area contributed by atoms with Crippen LogP contribution in [0.1, 0.15) is 24.6 Å². The van der Waals surface area contributed by atoms with Crippen LogP contribution in [0.25, 0.3) is 0 Å². The minimum atomic E-state index is -0.874. The van der Waals surface area contributed by atoms with Crippen molar-refractivity contribution in [3.05, 3.63) is 29.6 Å². The number of rotatable bonds is 4. The van der Waals surface area contributed by atoms with Gasteiger partial charge < -0.3 is 15.8 Å². The molecule has 1 atom stereocenters. The number of carbonyl (C=O) groups is 1. The van der Waals surface area contributed by atoms with Crippen LogP contribution in [0.15, 0.2) is 18.3 Å². The molecule has 18 heavy (non-hydrogen) atoms. The highest BCUT2D eigenvalue weighted by atomic mass is 16.5. The maximum Gasteiger partial charge on any atom is 0.242 e. The molecule has 0 aromatic carbocycles. The summed E-state index contributed by atoms with van der Waals surface area (Å²) >= 11 is 0. The zero-order valence-corrected chi connectivity index (χ0v) is 10.6. The first kappa shape index (κ1) is 13.0. The Morgan fingerprint density at radius 2 is 2.50 bits per heavy atom. The van der Waals surface area contributed by atoms with E-state index in [-0.39, 0.29) is 5.91 Å². The Hall–Kier alpha value is -1.46. The van der Waals surface area contributed by atoms with Gasteiger partial charge in [-0.2, -0.15) is 0 Å². The van der Waals surface area contributed by atoms with Crippen molar-refractivity contribution in [2.24, 2.45) is 5.73 Å². The Labute approximate surface area is 107 Å². The number of pyridine rings is 1. The molecule has 0 spiro atoms. The third-order valence-corrected chi connectivity index (χ3v) is 3.29. The van der Waals surface area contributed by atoms with Crippen LogP contribution in [-0.2, 0) is 22.5 Å². The smallest absolute Gasteiger partial charge is 0.242 e. The van der Waals surface area contributed by atoms with Crippen molar-refractivity contribution in [3.63, 3.8) is 0 Å². The fourth-order valence-electron chi connectivity index (χ4n) is 2.05. The molecule has 0 bridgehead atoms. The summed E-state index contributed by atoms with van der Waals surface area (Å²) in [4.78, 5) is 16.3. The van der Waals surface area contributed by atoms with Gasteiger partial charge in [-0.05, 0) is 24.5 Å². The molecule has 1 fully saturated rings. The maximum atomic E-state index is 12.0. The van der Waals surface area contributed by atoms with E-state index in [1.165, 1.54) is 0 Å². The quantitative estimate of drug-likeness (QED) is 0.808. The number of amides is 1. The number of carbonyl (C=O) groups excluding carboxylic acids is 1. The van der Waals surface area contributed by atoms with E-state index >= 15 is 0 Å². The van der Waals surface area contributed by atoms with E-state index in [0.29, 0.717) is 26.2 Å². The normalized spacial score (nSPS) is 23.0. The van der Waals surface area contributed by atoms with Crippen molar-refractivity contribution in [1.29, 1.82) is 0 Å². The van der Waals surface area contributed by atoms with Crippen molar-refractivity contribution in [3.8, 4) is 0 Å². The van der Waals surface area contributed by atoms with Gasteiger partial charge in [-0.3, -0.25) is 9.78 Å². The molecule has 0 saturated carbocycles. The Balaban J connectivity index is 1.97. The van der Waals surface area contributed by atoms with Crippen molar-refractivity contribution in [2.75, 3.05) is 13.2 Å². The second-order valence-corrected chi connectivity index (χ2v) is 4.60. The molecule has 1 aliphatic rings. The van der Waals surface area contributed by atoms with E-state index in [4.69, 9.17) is 10.5 Å². The molecular formula is C13H19N3O2. The molecule has 5 heteroatoms. The molecule has 5 nitrogen and oxygen atoms in total. The van der Waals surface area contributed by atoms with E-state index in [0.717, 1.165) is 17.7 Å². The fourth-order valence-corrected chi connectivity index (χ4v) is 2.05.